The van der Waals surface area contributed by atoms with Gasteiger partial charge in [0.15, 0.2) is 0 Å². The molecule has 1 N–H and O–H groups in total. The second kappa shape index (κ2) is 4.30. The second-order valence-corrected chi connectivity index (χ2v) is 5.34. The Bertz CT molecular complexity index is 208. The molecule has 3 heteroatoms. The number of hydrogen-bond donors (Lipinski definition) is 1. The van der Waals surface area contributed by atoms with Crippen molar-refractivity contribution in [3.05, 3.63) is 0 Å². The fraction of sp³-hybridized carbons (Fsp3) is 0.909. The summed E-state index contributed by atoms with van der Waals surface area (Å²) >= 11 is 0. The van der Waals surface area contributed by atoms with E-state index in [1.165, 1.54) is 0 Å². The molecule has 1 rings (SSSR count). The molecule has 0 bridgehead atoms. The highest BCUT2D eigenvalue weighted by Crippen LogP contribution is 2.14. The van der Waals surface area contributed by atoms with Gasteiger partial charge in [0.1, 0.15) is 0 Å². The summed E-state index contributed by atoms with van der Waals surface area (Å²) in [6, 6.07) is 0. The van der Waals surface area contributed by atoms with Gasteiger partial charge < -0.3 is 10.2 Å². The standard InChI is InChI=1S/C11H22N2O/c1-9-5-6-13(8-9)10(14)7-12-11(2,3)4/h9,12H,5-8H2,1-4H3. The smallest absolute Gasteiger partial charge is 0.236 e. The highest BCUT2D eigenvalue weighted by molar-refractivity contribution is 5.78. The topological polar surface area (TPSA) is 32.3 Å². The van der Waals surface area contributed by atoms with Crippen molar-refractivity contribution in [2.24, 2.45) is 5.92 Å². The predicted molar refractivity (Wildman–Crippen MR) is 58.1 cm³/mol. The van der Waals surface area contributed by atoms with Crippen LogP contribution in [0.1, 0.15) is 34.1 Å². The first-order valence-electron chi connectivity index (χ1n) is 5.41. The molecule has 1 atom stereocenters. The highest BCUT2D eigenvalue weighted by Gasteiger charge is 2.23. The van der Waals surface area contributed by atoms with E-state index >= 15 is 0 Å². The van der Waals surface area contributed by atoms with Crippen molar-refractivity contribution in [2.75, 3.05) is 19.6 Å². The summed E-state index contributed by atoms with van der Waals surface area (Å²) in [6.45, 7) is 10.8. The minimum Gasteiger partial charge on any atom is -0.341 e. The van der Waals surface area contributed by atoms with Gasteiger partial charge >= 0.3 is 0 Å². The van der Waals surface area contributed by atoms with Crippen molar-refractivity contribution < 1.29 is 4.79 Å². The van der Waals surface area contributed by atoms with Crippen LogP contribution in [0.15, 0.2) is 0 Å². The number of nitrogens with one attached hydrogen (secondary N) is 1. The van der Waals surface area contributed by atoms with Crippen molar-refractivity contribution in [3.63, 3.8) is 0 Å². The molecule has 0 spiro atoms. The van der Waals surface area contributed by atoms with E-state index < -0.39 is 0 Å². The van der Waals surface area contributed by atoms with Crippen LogP contribution in [0.3, 0.4) is 0 Å². The minimum atomic E-state index is 0.0288. The predicted octanol–water partition coefficient (Wildman–Crippen LogP) is 1.24. The van der Waals surface area contributed by atoms with Gasteiger partial charge in [0.05, 0.1) is 6.54 Å². The lowest BCUT2D eigenvalue weighted by molar-refractivity contribution is -0.129. The number of rotatable bonds is 2. The molecule has 1 unspecified atom stereocenters. The van der Waals surface area contributed by atoms with Crippen LogP contribution in [0.4, 0.5) is 0 Å². The first kappa shape index (κ1) is 11.5. The Morgan fingerprint density at radius 3 is 2.57 bits per heavy atom. The van der Waals surface area contributed by atoms with Gasteiger partial charge in [-0.3, -0.25) is 4.79 Å². The van der Waals surface area contributed by atoms with Crippen molar-refractivity contribution >= 4 is 5.91 Å². The fourth-order valence-corrected chi connectivity index (χ4v) is 1.61. The number of hydrogen-bond acceptors (Lipinski definition) is 2. The summed E-state index contributed by atoms with van der Waals surface area (Å²) in [6.07, 6.45) is 1.15. The van der Waals surface area contributed by atoms with Crippen molar-refractivity contribution in [1.29, 1.82) is 0 Å². The third-order valence-electron chi connectivity index (χ3n) is 2.55. The van der Waals surface area contributed by atoms with Crippen LogP contribution in [-0.4, -0.2) is 36.0 Å². The molecule has 1 heterocycles. The molecule has 1 amide bonds. The van der Waals surface area contributed by atoms with Crippen molar-refractivity contribution in [3.8, 4) is 0 Å². The van der Waals surface area contributed by atoms with Crippen LogP contribution >= 0.6 is 0 Å². The van der Waals surface area contributed by atoms with E-state index in [1.807, 2.05) is 4.90 Å². The Kier molecular flexibility index (Phi) is 3.53. The summed E-state index contributed by atoms with van der Waals surface area (Å²) in [7, 11) is 0. The van der Waals surface area contributed by atoms with Gasteiger partial charge in [-0.15, -0.1) is 0 Å². The third kappa shape index (κ3) is 3.66. The average molecular weight is 198 g/mol. The molecule has 14 heavy (non-hydrogen) atoms. The number of amides is 1. The monoisotopic (exact) mass is 198 g/mol. The maximum atomic E-state index is 11.7. The molecule has 1 aliphatic heterocycles. The summed E-state index contributed by atoms with van der Waals surface area (Å²) in [5, 5.41) is 3.22. The van der Waals surface area contributed by atoms with Crippen LogP contribution in [0, 0.1) is 5.92 Å². The highest BCUT2D eigenvalue weighted by atomic mass is 16.2. The van der Waals surface area contributed by atoms with Crippen LogP contribution in [0.5, 0.6) is 0 Å². The van der Waals surface area contributed by atoms with Gasteiger partial charge in [-0.1, -0.05) is 6.92 Å². The lowest BCUT2D eigenvalue weighted by atomic mass is 10.1. The molecule has 0 aromatic heterocycles. The minimum absolute atomic E-state index is 0.0288. The molecular weight excluding hydrogens is 176 g/mol. The molecule has 82 valence electrons. The molecule has 0 saturated carbocycles. The number of likely N-dealkylation sites (tertiary alicyclic amines) is 1. The molecule has 1 fully saturated rings. The Hall–Kier alpha value is -0.570. The van der Waals surface area contributed by atoms with Crippen molar-refractivity contribution in [2.45, 2.75) is 39.7 Å². The van der Waals surface area contributed by atoms with Gasteiger partial charge in [0, 0.05) is 18.6 Å². The van der Waals surface area contributed by atoms with E-state index in [0.29, 0.717) is 12.5 Å². The maximum absolute atomic E-state index is 11.7. The summed E-state index contributed by atoms with van der Waals surface area (Å²) in [5.41, 5.74) is 0.0288. The SMILES string of the molecule is CC1CCN(C(=O)CNC(C)(C)C)C1. The molecule has 0 aliphatic carbocycles. The van der Waals surface area contributed by atoms with E-state index in [-0.39, 0.29) is 11.4 Å². The van der Waals surface area contributed by atoms with Crippen molar-refractivity contribution in [1.82, 2.24) is 10.2 Å². The largest absolute Gasteiger partial charge is 0.341 e. The van der Waals surface area contributed by atoms with Crippen LogP contribution < -0.4 is 5.32 Å². The van der Waals surface area contributed by atoms with E-state index in [2.05, 4.69) is 33.0 Å². The zero-order valence-electron chi connectivity index (χ0n) is 9.76. The number of carbonyl (C=O) groups excluding carboxylic acids is 1. The zero-order chi connectivity index (χ0) is 10.8. The fourth-order valence-electron chi connectivity index (χ4n) is 1.61. The molecule has 0 aromatic rings. The lowest BCUT2D eigenvalue weighted by Crippen LogP contribution is -2.44. The maximum Gasteiger partial charge on any atom is 0.236 e. The van der Waals surface area contributed by atoms with Crippen LogP contribution in [-0.2, 0) is 4.79 Å². The molecular formula is C11H22N2O. The molecule has 1 aliphatic rings. The van der Waals surface area contributed by atoms with Gasteiger partial charge in [0.25, 0.3) is 0 Å². The van der Waals surface area contributed by atoms with Gasteiger partial charge in [-0.25, -0.2) is 0 Å². The third-order valence-corrected chi connectivity index (χ3v) is 2.55. The van der Waals surface area contributed by atoms with E-state index in [0.717, 1.165) is 19.5 Å². The van der Waals surface area contributed by atoms with E-state index in [1.54, 1.807) is 0 Å². The molecule has 3 nitrogen and oxygen atoms in total. The van der Waals surface area contributed by atoms with Gasteiger partial charge in [0.2, 0.25) is 5.91 Å². The van der Waals surface area contributed by atoms with E-state index in [9.17, 15) is 4.79 Å². The molecule has 0 aromatic carbocycles. The van der Waals surface area contributed by atoms with Gasteiger partial charge in [-0.2, -0.15) is 0 Å². The van der Waals surface area contributed by atoms with Gasteiger partial charge in [-0.05, 0) is 33.1 Å². The second-order valence-electron chi connectivity index (χ2n) is 5.34. The average Bonchev–Trinajstić information content (AvgIpc) is 2.46. The Morgan fingerprint density at radius 1 is 1.50 bits per heavy atom. The van der Waals surface area contributed by atoms with E-state index in [4.69, 9.17) is 0 Å². The van der Waals surface area contributed by atoms with Crippen LogP contribution in [0.2, 0.25) is 0 Å². The Morgan fingerprint density at radius 2 is 2.14 bits per heavy atom. The first-order valence-corrected chi connectivity index (χ1v) is 5.41. The lowest BCUT2D eigenvalue weighted by Gasteiger charge is -2.23. The summed E-state index contributed by atoms with van der Waals surface area (Å²) < 4.78 is 0. The Balaban J connectivity index is 2.29. The number of carbonyl (C=O) groups is 1. The van der Waals surface area contributed by atoms with Crippen LogP contribution in [0.25, 0.3) is 0 Å². The quantitative estimate of drug-likeness (QED) is 0.724. The normalized spacial score (nSPS) is 22.9. The zero-order valence-corrected chi connectivity index (χ0v) is 9.76. The summed E-state index contributed by atoms with van der Waals surface area (Å²) in [4.78, 5) is 13.7. The molecule has 0 radical (unpaired) electrons. The molecule has 1 saturated heterocycles. The first-order chi connectivity index (χ1) is 6.38. The summed E-state index contributed by atoms with van der Waals surface area (Å²) in [5.74, 6) is 0.915. The Labute approximate surface area is 86.9 Å². The number of nitrogens with zero attached hydrogens (tertiary/aromatic N) is 1.